The van der Waals surface area contributed by atoms with Crippen molar-refractivity contribution >= 4 is 17.9 Å². The predicted molar refractivity (Wildman–Crippen MR) is 107 cm³/mol. The molecule has 0 aliphatic heterocycles. The molecule has 0 atom stereocenters. The van der Waals surface area contributed by atoms with Gasteiger partial charge in [0.25, 0.3) is 11.8 Å². The Kier molecular flexibility index (Phi) is 7.77. The summed E-state index contributed by atoms with van der Waals surface area (Å²) in [5.74, 6) is -0.646. The van der Waals surface area contributed by atoms with Crippen LogP contribution in [0.5, 0.6) is 0 Å². The van der Waals surface area contributed by atoms with Crippen LogP contribution in [0.3, 0.4) is 0 Å². The molecule has 27 heavy (non-hydrogen) atoms. The molecule has 2 aromatic rings. The number of ether oxygens (including phenoxy) is 1. The maximum Gasteiger partial charge on any atom is 0.267 e. The van der Waals surface area contributed by atoms with E-state index in [4.69, 9.17) is 4.74 Å². The first-order valence-corrected chi connectivity index (χ1v) is 8.93. The number of hydrogen-bond acceptors (Lipinski definition) is 3. The van der Waals surface area contributed by atoms with Crippen LogP contribution in [0.1, 0.15) is 33.5 Å². The summed E-state index contributed by atoms with van der Waals surface area (Å²) in [6, 6.07) is 14.9. The summed E-state index contributed by atoms with van der Waals surface area (Å²) < 4.78 is 4.99. The lowest BCUT2D eigenvalue weighted by atomic mass is 10.1. The van der Waals surface area contributed by atoms with Crippen LogP contribution in [-0.2, 0) is 9.53 Å². The van der Waals surface area contributed by atoms with Crippen molar-refractivity contribution in [1.29, 1.82) is 0 Å². The summed E-state index contributed by atoms with van der Waals surface area (Å²) in [5, 5.41) is 5.55. The highest BCUT2D eigenvalue weighted by Gasteiger charge is 2.14. The molecule has 0 heterocycles. The number of carbonyl (C=O) groups is 2. The van der Waals surface area contributed by atoms with E-state index in [2.05, 4.69) is 10.6 Å². The summed E-state index contributed by atoms with van der Waals surface area (Å²) in [7, 11) is 1.62. The van der Waals surface area contributed by atoms with Crippen LogP contribution in [0, 0.1) is 13.8 Å². The summed E-state index contributed by atoms with van der Waals surface area (Å²) in [5.41, 5.74) is 3.75. The number of rotatable bonds is 8. The van der Waals surface area contributed by atoms with Gasteiger partial charge in [-0.3, -0.25) is 9.59 Å². The molecule has 5 nitrogen and oxygen atoms in total. The van der Waals surface area contributed by atoms with Crippen LogP contribution in [0.4, 0.5) is 0 Å². The Morgan fingerprint density at radius 3 is 2.15 bits per heavy atom. The molecule has 0 radical (unpaired) electrons. The third-order valence-corrected chi connectivity index (χ3v) is 4.01. The molecule has 0 aromatic heterocycles. The van der Waals surface area contributed by atoms with Crippen molar-refractivity contribution in [3.63, 3.8) is 0 Å². The Labute approximate surface area is 160 Å². The van der Waals surface area contributed by atoms with Gasteiger partial charge in [0.05, 0.1) is 0 Å². The van der Waals surface area contributed by atoms with Crippen LogP contribution < -0.4 is 10.6 Å². The minimum absolute atomic E-state index is 0.210. The van der Waals surface area contributed by atoms with E-state index < -0.39 is 0 Å². The second kappa shape index (κ2) is 10.3. The van der Waals surface area contributed by atoms with E-state index in [0.717, 1.165) is 16.7 Å². The molecule has 0 spiro atoms. The maximum absolute atomic E-state index is 12.6. The molecule has 0 fully saturated rings. The zero-order chi connectivity index (χ0) is 19.6. The zero-order valence-electron chi connectivity index (χ0n) is 16.0. The highest BCUT2D eigenvalue weighted by Crippen LogP contribution is 2.09. The maximum atomic E-state index is 12.6. The first kappa shape index (κ1) is 20.4. The van der Waals surface area contributed by atoms with E-state index in [0.29, 0.717) is 25.1 Å². The molecule has 2 rings (SSSR count). The molecule has 0 aliphatic carbocycles. The normalized spacial score (nSPS) is 11.1. The van der Waals surface area contributed by atoms with Gasteiger partial charge in [-0.05, 0) is 44.0 Å². The Hall–Kier alpha value is -2.92. The molecule has 142 valence electrons. The van der Waals surface area contributed by atoms with Crippen LogP contribution >= 0.6 is 0 Å². The van der Waals surface area contributed by atoms with Crippen molar-refractivity contribution in [3.05, 3.63) is 76.5 Å². The minimum atomic E-state index is -0.327. The summed E-state index contributed by atoms with van der Waals surface area (Å²) in [6.45, 7) is 4.99. The Morgan fingerprint density at radius 2 is 1.56 bits per heavy atom. The third-order valence-electron chi connectivity index (χ3n) is 4.01. The van der Waals surface area contributed by atoms with Crippen molar-refractivity contribution in [2.45, 2.75) is 20.3 Å². The molecule has 5 heteroatoms. The van der Waals surface area contributed by atoms with Gasteiger partial charge in [-0.15, -0.1) is 0 Å². The zero-order valence-corrected chi connectivity index (χ0v) is 16.0. The van der Waals surface area contributed by atoms with E-state index in [-0.39, 0.29) is 17.5 Å². The molecule has 0 saturated carbocycles. The van der Waals surface area contributed by atoms with Gasteiger partial charge < -0.3 is 15.4 Å². The van der Waals surface area contributed by atoms with Crippen LogP contribution in [0.15, 0.2) is 54.2 Å². The number of amides is 2. The lowest BCUT2D eigenvalue weighted by Gasteiger charge is -2.11. The molecule has 0 saturated heterocycles. The fourth-order valence-corrected chi connectivity index (χ4v) is 2.40. The molecular formula is C22H26N2O3. The number of aryl methyl sites for hydroxylation is 2. The number of nitrogens with one attached hydrogen (secondary N) is 2. The largest absolute Gasteiger partial charge is 0.385 e. The van der Waals surface area contributed by atoms with Gasteiger partial charge in [0, 0.05) is 25.8 Å². The van der Waals surface area contributed by atoms with Crippen molar-refractivity contribution < 1.29 is 14.3 Å². The molecule has 0 unspecified atom stereocenters. The molecule has 0 bridgehead atoms. The highest BCUT2D eigenvalue weighted by molar-refractivity contribution is 6.05. The van der Waals surface area contributed by atoms with Crippen LogP contribution in [0.2, 0.25) is 0 Å². The monoisotopic (exact) mass is 366 g/mol. The van der Waals surface area contributed by atoms with Crippen molar-refractivity contribution in [1.82, 2.24) is 10.6 Å². The lowest BCUT2D eigenvalue weighted by molar-refractivity contribution is -0.117. The van der Waals surface area contributed by atoms with E-state index in [1.807, 2.05) is 50.2 Å². The summed E-state index contributed by atoms with van der Waals surface area (Å²) >= 11 is 0. The Bertz CT molecular complexity index is 793. The second-order valence-corrected chi connectivity index (χ2v) is 6.39. The van der Waals surface area contributed by atoms with E-state index in [1.54, 1.807) is 25.3 Å². The second-order valence-electron chi connectivity index (χ2n) is 6.39. The summed E-state index contributed by atoms with van der Waals surface area (Å²) in [6.07, 6.45) is 2.38. The van der Waals surface area contributed by atoms with E-state index >= 15 is 0 Å². The first-order chi connectivity index (χ1) is 13.0. The van der Waals surface area contributed by atoms with Crippen molar-refractivity contribution in [2.24, 2.45) is 0 Å². The molecule has 0 aliphatic rings. The average Bonchev–Trinajstić information content (AvgIpc) is 2.66. The topological polar surface area (TPSA) is 67.4 Å². The SMILES string of the molecule is COCCCNC(=O)/C(=C/c1ccc(C)cc1)NC(=O)c1ccc(C)cc1. The Morgan fingerprint density at radius 1 is 0.963 bits per heavy atom. The van der Waals surface area contributed by atoms with Gasteiger partial charge in [-0.2, -0.15) is 0 Å². The molecule has 2 amide bonds. The van der Waals surface area contributed by atoms with Crippen molar-refractivity contribution in [3.8, 4) is 0 Å². The first-order valence-electron chi connectivity index (χ1n) is 8.93. The van der Waals surface area contributed by atoms with Gasteiger partial charge in [0.15, 0.2) is 0 Å². The fourth-order valence-electron chi connectivity index (χ4n) is 2.40. The number of methoxy groups -OCH3 is 1. The lowest BCUT2D eigenvalue weighted by Crippen LogP contribution is -2.35. The van der Waals surface area contributed by atoms with E-state index in [1.165, 1.54) is 0 Å². The standard InChI is InChI=1S/C22H26N2O3/c1-16-5-9-18(10-6-16)15-20(22(26)23-13-4-14-27-3)24-21(25)19-11-7-17(2)8-12-19/h5-12,15H,4,13-14H2,1-3H3,(H,23,26)(H,24,25)/b20-15-. The van der Waals surface area contributed by atoms with E-state index in [9.17, 15) is 9.59 Å². The minimum Gasteiger partial charge on any atom is -0.385 e. The number of benzene rings is 2. The molecular weight excluding hydrogens is 340 g/mol. The van der Waals surface area contributed by atoms with Gasteiger partial charge in [0.1, 0.15) is 5.70 Å². The molecule has 2 aromatic carbocycles. The average molecular weight is 366 g/mol. The van der Waals surface area contributed by atoms with Gasteiger partial charge in [-0.1, -0.05) is 47.5 Å². The quantitative estimate of drug-likeness (QED) is 0.557. The number of hydrogen-bond donors (Lipinski definition) is 2. The number of carbonyl (C=O) groups excluding carboxylic acids is 2. The van der Waals surface area contributed by atoms with Gasteiger partial charge in [-0.25, -0.2) is 0 Å². The highest BCUT2D eigenvalue weighted by atomic mass is 16.5. The van der Waals surface area contributed by atoms with Gasteiger partial charge >= 0.3 is 0 Å². The Balaban J connectivity index is 2.17. The summed E-state index contributed by atoms with van der Waals surface area (Å²) in [4.78, 5) is 25.1. The predicted octanol–water partition coefficient (Wildman–Crippen LogP) is 3.23. The van der Waals surface area contributed by atoms with Gasteiger partial charge in [0.2, 0.25) is 0 Å². The van der Waals surface area contributed by atoms with Crippen molar-refractivity contribution in [2.75, 3.05) is 20.3 Å². The molecule has 2 N–H and O–H groups in total. The fraction of sp³-hybridized carbons (Fsp3) is 0.273. The van der Waals surface area contributed by atoms with Crippen LogP contribution in [0.25, 0.3) is 6.08 Å². The van der Waals surface area contributed by atoms with Crippen LogP contribution in [-0.4, -0.2) is 32.1 Å². The smallest absolute Gasteiger partial charge is 0.267 e. The third kappa shape index (κ3) is 6.72.